The third kappa shape index (κ3) is 1.11. The van der Waals surface area contributed by atoms with Crippen LogP contribution in [0.1, 0.15) is 52.4 Å². The lowest BCUT2D eigenvalue weighted by atomic mass is 9.45. The molecule has 0 radical (unpaired) electrons. The van der Waals surface area contributed by atoms with E-state index in [1.807, 2.05) is 0 Å². The molecular formula is C13H22O. The maximum absolute atomic E-state index is 10.5. The summed E-state index contributed by atoms with van der Waals surface area (Å²) in [7, 11) is 0. The lowest BCUT2D eigenvalue weighted by molar-refractivity contribution is -0.177. The van der Waals surface area contributed by atoms with Crippen molar-refractivity contribution in [2.75, 3.05) is 0 Å². The number of hydrogen-bond donors (Lipinski definition) is 1. The first-order valence-electron chi connectivity index (χ1n) is 6.24. The van der Waals surface area contributed by atoms with Gasteiger partial charge in [-0.1, -0.05) is 13.8 Å². The SMILES string of the molecule is CC(C)C12C[C@@H]3C[C@@H](CC(O)(C3)C1)C2. The van der Waals surface area contributed by atoms with Crippen LogP contribution in [0.3, 0.4) is 0 Å². The topological polar surface area (TPSA) is 20.2 Å². The zero-order chi connectivity index (χ0) is 9.97. The van der Waals surface area contributed by atoms with Crippen LogP contribution >= 0.6 is 0 Å². The normalized spacial score (nSPS) is 55.7. The van der Waals surface area contributed by atoms with E-state index in [4.69, 9.17) is 0 Å². The molecule has 0 amide bonds. The molecule has 4 atom stereocenters. The Bertz CT molecular complexity index is 242. The molecule has 80 valence electrons. The van der Waals surface area contributed by atoms with Gasteiger partial charge in [0.1, 0.15) is 0 Å². The predicted octanol–water partition coefficient (Wildman–Crippen LogP) is 2.97. The molecule has 4 aliphatic carbocycles. The maximum atomic E-state index is 10.5. The minimum absolute atomic E-state index is 0.256. The highest BCUT2D eigenvalue weighted by Gasteiger charge is 2.57. The van der Waals surface area contributed by atoms with E-state index in [9.17, 15) is 5.11 Å². The van der Waals surface area contributed by atoms with Crippen molar-refractivity contribution < 1.29 is 5.11 Å². The van der Waals surface area contributed by atoms with Crippen molar-refractivity contribution in [1.82, 2.24) is 0 Å². The van der Waals surface area contributed by atoms with E-state index < -0.39 is 0 Å². The first kappa shape index (κ1) is 9.21. The number of hydrogen-bond acceptors (Lipinski definition) is 1. The van der Waals surface area contributed by atoms with Crippen molar-refractivity contribution in [1.29, 1.82) is 0 Å². The Morgan fingerprint density at radius 2 is 1.64 bits per heavy atom. The molecule has 0 aromatic carbocycles. The van der Waals surface area contributed by atoms with E-state index >= 15 is 0 Å². The van der Waals surface area contributed by atoms with E-state index in [1.54, 1.807) is 0 Å². The summed E-state index contributed by atoms with van der Waals surface area (Å²) in [6.45, 7) is 4.72. The van der Waals surface area contributed by atoms with Crippen molar-refractivity contribution in [2.24, 2.45) is 23.2 Å². The smallest absolute Gasteiger partial charge is 0.0658 e. The Balaban J connectivity index is 1.96. The van der Waals surface area contributed by atoms with Gasteiger partial charge in [-0.05, 0) is 61.7 Å². The molecule has 0 saturated heterocycles. The van der Waals surface area contributed by atoms with Gasteiger partial charge >= 0.3 is 0 Å². The van der Waals surface area contributed by atoms with Crippen LogP contribution < -0.4 is 0 Å². The van der Waals surface area contributed by atoms with Gasteiger partial charge in [0, 0.05) is 0 Å². The number of rotatable bonds is 1. The highest BCUT2D eigenvalue weighted by Crippen LogP contribution is 2.63. The third-order valence-corrected chi connectivity index (χ3v) is 5.30. The minimum atomic E-state index is -0.256. The van der Waals surface area contributed by atoms with Gasteiger partial charge in [0.25, 0.3) is 0 Å². The van der Waals surface area contributed by atoms with Crippen LogP contribution in [0.4, 0.5) is 0 Å². The molecule has 0 heterocycles. The van der Waals surface area contributed by atoms with Gasteiger partial charge in [0.15, 0.2) is 0 Å². The zero-order valence-corrected chi connectivity index (χ0v) is 9.42. The average Bonchev–Trinajstić information content (AvgIpc) is 1.98. The molecule has 4 bridgehead atoms. The molecule has 0 aliphatic heterocycles. The molecule has 1 N–H and O–H groups in total. The van der Waals surface area contributed by atoms with Crippen molar-refractivity contribution in [2.45, 2.75) is 58.0 Å². The van der Waals surface area contributed by atoms with E-state index in [-0.39, 0.29) is 5.60 Å². The summed E-state index contributed by atoms with van der Waals surface area (Å²) < 4.78 is 0. The van der Waals surface area contributed by atoms with E-state index in [1.165, 1.54) is 19.3 Å². The van der Waals surface area contributed by atoms with E-state index in [0.717, 1.165) is 37.0 Å². The average molecular weight is 194 g/mol. The summed E-state index contributed by atoms with van der Waals surface area (Å²) in [5.41, 5.74) is 0.257. The molecule has 1 nitrogen and oxygen atoms in total. The molecule has 0 aromatic heterocycles. The molecular weight excluding hydrogens is 172 g/mol. The molecule has 14 heavy (non-hydrogen) atoms. The maximum Gasteiger partial charge on any atom is 0.0658 e. The minimum Gasteiger partial charge on any atom is -0.390 e. The Hall–Kier alpha value is -0.0400. The molecule has 4 rings (SSSR count). The van der Waals surface area contributed by atoms with Crippen molar-refractivity contribution in [3.63, 3.8) is 0 Å². The van der Waals surface area contributed by atoms with Gasteiger partial charge < -0.3 is 5.11 Å². The van der Waals surface area contributed by atoms with Crippen LogP contribution in [0, 0.1) is 23.2 Å². The molecule has 4 aliphatic rings. The summed E-state index contributed by atoms with van der Waals surface area (Å²) in [5, 5.41) is 10.5. The first-order valence-corrected chi connectivity index (χ1v) is 6.24. The molecule has 4 fully saturated rings. The van der Waals surface area contributed by atoms with E-state index in [2.05, 4.69) is 13.8 Å². The largest absolute Gasteiger partial charge is 0.390 e. The summed E-state index contributed by atoms with van der Waals surface area (Å²) in [6.07, 6.45) is 7.55. The highest BCUT2D eigenvalue weighted by molar-refractivity contribution is 5.08. The molecule has 2 unspecified atom stereocenters. The lowest BCUT2D eigenvalue weighted by Gasteiger charge is -2.62. The molecule has 4 saturated carbocycles. The second-order valence-electron chi connectivity index (χ2n) is 6.70. The highest BCUT2D eigenvalue weighted by atomic mass is 16.3. The third-order valence-electron chi connectivity index (χ3n) is 5.30. The fourth-order valence-corrected chi connectivity index (χ4v) is 4.96. The first-order chi connectivity index (χ1) is 6.51. The summed E-state index contributed by atoms with van der Waals surface area (Å²) in [5.74, 6) is 2.47. The second kappa shape index (κ2) is 2.55. The van der Waals surface area contributed by atoms with Gasteiger partial charge in [-0.15, -0.1) is 0 Å². The Morgan fingerprint density at radius 1 is 1.07 bits per heavy atom. The van der Waals surface area contributed by atoms with Gasteiger partial charge in [0.2, 0.25) is 0 Å². The van der Waals surface area contributed by atoms with Crippen LogP contribution in [-0.2, 0) is 0 Å². The zero-order valence-electron chi connectivity index (χ0n) is 9.42. The van der Waals surface area contributed by atoms with Gasteiger partial charge in [-0.2, -0.15) is 0 Å². The van der Waals surface area contributed by atoms with Gasteiger partial charge in [-0.25, -0.2) is 0 Å². The van der Waals surface area contributed by atoms with Crippen molar-refractivity contribution in [3.8, 4) is 0 Å². The van der Waals surface area contributed by atoms with E-state index in [0.29, 0.717) is 5.41 Å². The Morgan fingerprint density at radius 3 is 2.07 bits per heavy atom. The van der Waals surface area contributed by atoms with Gasteiger partial charge in [0.05, 0.1) is 5.60 Å². The quantitative estimate of drug-likeness (QED) is 0.680. The van der Waals surface area contributed by atoms with Crippen LogP contribution in [0.2, 0.25) is 0 Å². The van der Waals surface area contributed by atoms with Crippen LogP contribution in [-0.4, -0.2) is 10.7 Å². The summed E-state index contributed by atoms with van der Waals surface area (Å²) >= 11 is 0. The summed E-state index contributed by atoms with van der Waals surface area (Å²) in [4.78, 5) is 0. The lowest BCUT2D eigenvalue weighted by Crippen LogP contribution is -2.57. The van der Waals surface area contributed by atoms with Crippen LogP contribution in [0.25, 0.3) is 0 Å². The fourth-order valence-electron chi connectivity index (χ4n) is 4.96. The Kier molecular flexibility index (Phi) is 1.68. The predicted molar refractivity (Wildman–Crippen MR) is 56.9 cm³/mol. The monoisotopic (exact) mass is 194 g/mol. The summed E-state index contributed by atoms with van der Waals surface area (Å²) in [6, 6.07) is 0. The standard InChI is InChI=1S/C13H22O/c1-9(2)12-4-10-3-11(5-12)7-13(14,6-10)8-12/h9-11,14H,3-8H2,1-2H3/t10-,11+,12?,13?. The molecule has 0 aromatic rings. The van der Waals surface area contributed by atoms with Crippen molar-refractivity contribution in [3.05, 3.63) is 0 Å². The van der Waals surface area contributed by atoms with Crippen LogP contribution in [0.15, 0.2) is 0 Å². The number of aliphatic hydroxyl groups is 1. The molecule has 1 heteroatoms. The van der Waals surface area contributed by atoms with Crippen LogP contribution in [0.5, 0.6) is 0 Å². The fraction of sp³-hybridized carbons (Fsp3) is 1.00. The molecule has 0 spiro atoms. The van der Waals surface area contributed by atoms with Crippen molar-refractivity contribution >= 4 is 0 Å². The second-order valence-corrected chi connectivity index (χ2v) is 6.70. The Labute approximate surface area is 86.9 Å². The van der Waals surface area contributed by atoms with Gasteiger partial charge in [-0.3, -0.25) is 0 Å².